The van der Waals surface area contributed by atoms with Crippen molar-refractivity contribution in [3.63, 3.8) is 0 Å². The van der Waals surface area contributed by atoms with Gasteiger partial charge >= 0.3 is 0 Å². The predicted octanol–water partition coefficient (Wildman–Crippen LogP) is 12.3. The Bertz CT molecular complexity index is 2000. The second-order valence-electron chi connectivity index (χ2n) is 13.5. The zero-order chi connectivity index (χ0) is 32.5. The summed E-state index contributed by atoms with van der Waals surface area (Å²) in [5, 5.41) is 0. The third-order valence-electron chi connectivity index (χ3n) is 10.2. The monoisotopic (exact) mass is 619 g/mol. The van der Waals surface area contributed by atoms with Crippen molar-refractivity contribution in [1.82, 2.24) is 0 Å². The number of benzene rings is 6. The average molecular weight is 620 g/mol. The molecule has 0 amide bonds. The Morgan fingerprint density at radius 3 is 1.58 bits per heavy atom. The van der Waals surface area contributed by atoms with Gasteiger partial charge in [0.05, 0.1) is 0 Å². The van der Waals surface area contributed by atoms with Crippen molar-refractivity contribution < 1.29 is 0 Å². The average Bonchev–Trinajstić information content (AvgIpc) is 3.73. The fourth-order valence-electron chi connectivity index (χ4n) is 7.73. The van der Waals surface area contributed by atoms with Crippen LogP contribution >= 0.6 is 0 Å². The van der Waals surface area contributed by atoms with Crippen molar-refractivity contribution in [2.75, 3.05) is 4.90 Å². The molecular formula is C47H41N. The molecule has 0 aromatic heterocycles. The molecule has 1 heteroatoms. The molecule has 0 saturated heterocycles. The Morgan fingerprint density at radius 2 is 1.02 bits per heavy atom. The van der Waals surface area contributed by atoms with Crippen molar-refractivity contribution >= 4 is 34.7 Å². The van der Waals surface area contributed by atoms with Crippen LogP contribution in [-0.4, -0.2) is 6.04 Å². The lowest BCUT2D eigenvalue weighted by Gasteiger charge is -2.27. The quantitative estimate of drug-likeness (QED) is 0.161. The minimum Gasteiger partial charge on any atom is -0.338 e. The van der Waals surface area contributed by atoms with Crippen LogP contribution in [0, 0.1) is 13.8 Å². The molecule has 2 atom stereocenters. The lowest BCUT2D eigenvalue weighted by molar-refractivity contribution is 0.642. The van der Waals surface area contributed by atoms with Gasteiger partial charge < -0.3 is 4.90 Å². The first-order valence-corrected chi connectivity index (χ1v) is 17.3. The Kier molecular flexibility index (Phi) is 8.12. The fraction of sp³-hybridized carbons (Fsp3) is 0.149. The van der Waals surface area contributed by atoms with E-state index in [1.807, 2.05) is 0 Å². The summed E-state index contributed by atoms with van der Waals surface area (Å²) in [6, 6.07) is 56.2. The van der Waals surface area contributed by atoms with Crippen molar-refractivity contribution in [1.29, 1.82) is 0 Å². The summed E-state index contributed by atoms with van der Waals surface area (Å²) < 4.78 is 0. The maximum Gasteiger partial charge on any atom is 0.0450 e. The van der Waals surface area contributed by atoms with Gasteiger partial charge in [0.15, 0.2) is 0 Å². The highest BCUT2D eigenvalue weighted by Gasteiger charge is 2.42. The van der Waals surface area contributed by atoms with Crippen LogP contribution in [0.1, 0.15) is 75.3 Å². The van der Waals surface area contributed by atoms with Crippen LogP contribution in [-0.2, 0) is 0 Å². The van der Waals surface area contributed by atoms with Gasteiger partial charge in [-0.15, -0.1) is 0 Å². The van der Waals surface area contributed by atoms with Crippen LogP contribution in [0.25, 0.3) is 23.3 Å². The standard InChI is InChI=1S/C47H41N/c1-33-16-23-39(24-17-33)44(40-25-18-34(2)19-26-40)31-36-22-29-47-45(32-36)42-14-9-15-46(42)48(47)41-27-20-35(21-28-41)30-43(37-10-5-3-6-11-37)38-12-7-4-8-13-38/h3-8,10-13,16-32,42,46H,9,14-15H2,1-2H3. The number of rotatable bonds is 7. The Labute approximate surface area is 285 Å². The van der Waals surface area contributed by atoms with Gasteiger partial charge in [0, 0.05) is 23.3 Å². The van der Waals surface area contributed by atoms with Gasteiger partial charge in [-0.05, 0) is 113 Å². The normalized spacial score (nSPS) is 16.2. The van der Waals surface area contributed by atoms with Crippen LogP contribution in [0.3, 0.4) is 0 Å². The van der Waals surface area contributed by atoms with E-state index in [4.69, 9.17) is 0 Å². The Hall–Kier alpha value is -5.40. The van der Waals surface area contributed by atoms with E-state index in [2.05, 4.69) is 183 Å². The van der Waals surface area contributed by atoms with E-state index in [0.717, 1.165) is 0 Å². The molecule has 1 fully saturated rings. The number of fused-ring (bicyclic) bond motifs is 3. The minimum absolute atomic E-state index is 0.512. The molecule has 1 aliphatic carbocycles. The van der Waals surface area contributed by atoms with E-state index in [1.165, 1.54) is 91.9 Å². The van der Waals surface area contributed by atoms with Gasteiger partial charge in [-0.2, -0.15) is 0 Å². The molecule has 2 aliphatic rings. The van der Waals surface area contributed by atoms with E-state index in [0.29, 0.717) is 12.0 Å². The van der Waals surface area contributed by atoms with Crippen LogP contribution in [0.15, 0.2) is 152 Å². The van der Waals surface area contributed by atoms with Crippen molar-refractivity contribution in [2.45, 2.75) is 45.1 Å². The smallest absolute Gasteiger partial charge is 0.0450 e. The van der Waals surface area contributed by atoms with Crippen LogP contribution in [0.5, 0.6) is 0 Å². The van der Waals surface area contributed by atoms with Gasteiger partial charge in [0.1, 0.15) is 0 Å². The van der Waals surface area contributed by atoms with Gasteiger partial charge in [-0.1, -0.05) is 145 Å². The second-order valence-corrected chi connectivity index (χ2v) is 13.5. The van der Waals surface area contributed by atoms with Crippen LogP contribution in [0.4, 0.5) is 11.4 Å². The highest BCUT2D eigenvalue weighted by Crippen LogP contribution is 2.52. The summed E-state index contributed by atoms with van der Waals surface area (Å²) in [6.07, 6.45) is 8.48. The first-order valence-electron chi connectivity index (χ1n) is 17.3. The summed E-state index contributed by atoms with van der Waals surface area (Å²) in [5.41, 5.74) is 16.7. The van der Waals surface area contributed by atoms with Crippen molar-refractivity contribution in [2.24, 2.45) is 0 Å². The third kappa shape index (κ3) is 5.93. The minimum atomic E-state index is 0.512. The predicted molar refractivity (Wildman–Crippen MR) is 205 cm³/mol. The molecule has 0 spiro atoms. The molecule has 1 aliphatic heterocycles. The van der Waals surface area contributed by atoms with E-state index in [1.54, 1.807) is 0 Å². The Morgan fingerprint density at radius 1 is 0.521 bits per heavy atom. The van der Waals surface area contributed by atoms with Gasteiger partial charge in [0.25, 0.3) is 0 Å². The van der Waals surface area contributed by atoms with E-state index >= 15 is 0 Å². The molecule has 234 valence electrons. The highest BCUT2D eigenvalue weighted by molar-refractivity contribution is 5.93. The van der Waals surface area contributed by atoms with Crippen LogP contribution < -0.4 is 4.90 Å². The lowest BCUT2D eigenvalue weighted by atomic mass is 9.92. The van der Waals surface area contributed by atoms with E-state index in [-0.39, 0.29) is 0 Å². The first kappa shape index (κ1) is 30.0. The van der Waals surface area contributed by atoms with Crippen molar-refractivity contribution in [3.05, 3.63) is 202 Å². The van der Waals surface area contributed by atoms with Gasteiger partial charge in [-0.3, -0.25) is 0 Å². The molecular weight excluding hydrogens is 579 g/mol. The summed E-state index contributed by atoms with van der Waals surface area (Å²) in [5.74, 6) is 0.567. The number of anilines is 2. The zero-order valence-electron chi connectivity index (χ0n) is 27.8. The molecule has 0 radical (unpaired) electrons. The number of aryl methyl sites for hydroxylation is 2. The molecule has 8 rings (SSSR count). The van der Waals surface area contributed by atoms with Crippen molar-refractivity contribution in [3.8, 4) is 0 Å². The summed E-state index contributed by atoms with van der Waals surface area (Å²) in [7, 11) is 0. The van der Waals surface area contributed by atoms with Gasteiger partial charge in [0.2, 0.25) is 0 Å². The maximum absolute atomic E-state index is 2.63. The lowest BCUT2D eigenvalue weighted by Crippen LogP contribution is -2.26. The Balaban J connectivity index is 1.14. The van der Waals surface area contributed by atoms with E-state index in [9.17, 15) is 0 Å². The third-order valence-corrected chi connectivity index (χ3v) is 10.2. The second kappa shape index (κ2) is 13.0. The molecule has 6 aromatic rings. The molecule has 0 N–H and O–H groups in total. The van der Waals surface area contributed by atoms with Crippen LogP contribution in [0.2, 0.25) is 0 Å². The molecule has 1 nitrogen and oxygen atoms in total. The maximum atomic E-state index is 2.63. The van der Waals surface area contributed by atoms with E-state index < -0.39 is 0 Å². The largest absolute Gasteiger partial charge is 0.338 e. The molecule has 1 heterocycles. The fourth-order valence-corrected chi connectivity index (χ4v) is 7.73. The summed E-state index contributed by atoms with van der Waals surface area (Å²) in [6.45, 7) is 4.31. The molecule has 48 heavy (non-hydrogen) atoms. The molecule has 1 saturated carbocycles. The number of hydrogen-bond acceptors (Lipinski definition) is 1. The van der Waals surface area contributed by atoms with Gasteiger partial charge in [-0.25, -0.2) is 0 Å². The summed E-state index contributed by atoms with van der Waals surface area (Å²) in [4.78, 5) is 2.63. The number of hydrogen-bond donors (Lipinski definition) is 0. The topological polar surface area (TPSA) is 3.24 Å². The molecule has 6 aromatic carbocycles. The highest BCUT2D eigenvalue weighted by atomic mass is 15.2. The molecule has 0 bridgehead atoms. The number of nitrogens with zero attached hydrogens (tertiary/aromatic N) is 1. The SMILES string of the molecule is Cc1ccc(C(=Cc2ccc3c(c2)C2CCCC2N3c2ccc(C=C(c3ccccc3)c3ccccc3)cc2)c2ccc(C)cc2)cc1. The summed E-state index contributed by atoms with van der Waals surface area (Å²) >= 11 is 0. The first-order chi connectivity index (χ1) is 23.6. The zero-order valence-corrected chi connectivity index (χ0v) is 27.8. The molecule has 2 unspecified atom stereocenters.